The average molecular weight is 527 g/mol. The van der Waals surface area contributed by atoms with Crippen LogP contribution in [0.2, 0.25) is 5.02 Å². The summed E-state index contributed by atoms with van der Waals surface area (Å²) < 4.78 is 0. The van der Waals surface area contributed by atoms with Gasteiger partial charge in [0.1, 0.15) is 6.54 Å². The van der Waals surface area contributed by atoms with Gasteiger partial charge < -0.3 is 15.5 Å². The molecule has 1 atom stereocenters. The maximum absolute atomic E-state index is 12.9. The van der Waals surface area contributed by atoms with Crippen LogP contribution in [-0.2, 0) is 22.4 Å². The summed E-state index contributed by atoms with van der Waals surface area (Å²) in [6, 6.07) is 16.6. The molecule has 36 heavy (non-hydrogen) atoms. The second-order valence-corrected chi connectivity index (χ2v) is 10.2. The number of thiazole rings is 1. The standard InChI is InChI=1S/C27H31ClN4O3S/c1-18(2)32(26(35)21-11-13-22(28)14-12-21)16-25(34)31-27-30-23(17-36-27)15-24(33)29-19(3)9-10-20-7-5-4-6-8-20/h4-8,11-14,17-19H,9-10,15-16H2,1-3H3,(H,29,33)(H,30,31,34). The number of benzene rings is 2. The maximum atomic E-state index is 12.9. The molecule has 1 unspecified atom stereocenters. The summed E-state index contributed by atoms with van der Waals surface area (Å²) in [6.45, 7) is 5.57. The van der Waals surface area contributed by atoms with Gasteiger partial charge in [-0.15, -0.1) is 11.3 Å². The van der Waals surface area contributed by atoms with E-state index in [1.165, 1.54) is 21.8 Å². The molecule has 0 aliphatic carbocycles. The summed E-state index contributed by atoms with van der Waals surface area (Å²) in [5.41, 5.74) is 2.28. The van der Waals surface area contributed by atoms with Gasteiger partial charge in [-0.25, -0.2) is 4.98 Å². The Morgan fingerprint density at radius 1 is 1.00 bits per heavy atom. The molecule has 3 amide bonds. The SMILES string of the molecule is CC(CCc1ccccc1)NC(=O)Cc1csc(NC(=O)CN(C(=O)c2ccc(Cl)cc2)C(C)C)n1. The van der Waals surface area contributed by atoms with E-state index in [2.05, 4.69) is 27.8 Å². The van der Waals surface area contributed by atoms with Crippen molar-refractivity contribution in [2.24, 2.45) is 0 Å². The summed E-state index contributed by atoms with van der Waals surface area (Å²) in [5, 5.41) is 8.42. The molecule has 0 aliphatic rings. The fourth-order valence-corrected chi connectivity index (χ4v) is 4.45. The van der Waals surface area contributed by atoms with Crippen molar-refractivity contribution in [1.82, 2.24) is 15.2 Å². The Labute approximate surface area is 220 Å². The van der Waals surface area contributed by atoms with Crippen LogP contribution in [0.15, 0.2) is 60.0 Å². The predicted molar refractivity (Wildman–Crippen MR) is 144 cm³/mol. The van der Waals surface area contributed by atoms with Crippen molar-refractivity contribution in [1.29, 1.82) is 0 Å². The quantitative estimate of drug-likeness (QED) is 0.369. The summed E-state index contributed by atoms with van der Waals surface area (Å²) in [5.74, 6) is -0.723. The lowest BCUT2D eigenvalue weighted by Gasteiger charge is -2.26. The number of amides is 3. The van der Waals surface area contributed by atoms with Gasteiger partial charge >= 0.3 is 0 Å². The van der Waals surface area contributed by atoms with Crippen molar-refractivity contribution < 1.29 is 14.4 Å². The fourth-order valence-electron chi connectivity index (χ4n) is 3.60. The van der Waals surface area contributed by atoms with Crippen LogP contribution in [0.5, 0.6) is 0 Å². The molecule has 7 nitrogen and oxygen atoms in total. The molecule has 0 saturated heterocycles. The van der Waals surface area contributed by atoms with E-state index in [0.717, 1.165) is 12.8 Å². The van der Waals surface area contributed by atoms with Gasteiger partial charge in [-0.3, -0.25) is 14.4 Å². The van der Waals surface area contributed by atoms with Gasteiger partial charge in [-0.2, -0.15) is 0 Å². The van der Waals surface area contributed by atoms with Crippen LogP contribution in [0.1, 0.15) is 48.8 Å². The minimum atomic E-state index is -0.356. The molecular formula is C27H31ClN4O3S. The number of rotatable bonds is 11. The molecule has 0 spiro atoms. The first-order chi connectivity index (χ1) is 17.2. The van der Waals surface area contributed by atoms with Crippen molar-refractivity contribution in [3.05, 3.63) is 81.8 Å². The first-order valence-corrected chi connectivity index (χ1v) is 13.1. The van der Waals surface area contributed by atoms with Crippen molar-refractivity contribution in [2.75, 3.05) is 11.9 Å². The number of hydrogen-bond acceptors (Lipinski definition) is 5. The summed E-state index contributed by atoms with van der Waals surface area (Å²) >= 11 is 7.16. The highest BCUT2D eigenvalue weighted by Gasteiger charge is 2.22. The van der Waals surface area contributed by atoms with Crippen molar-refractivity contribution in [3.8, 4) is 0 Å². The van der Waals surface area contributed by atoms with Crippen LogP contribution >= 0.6 is 22.9 Å². The van der Waals surface area contributed by atoms with Gasteiger partial charge in [0, 0.05) is 28.0 Å². The van der Waals surface area contributed by atoms with E-state index in [1.807, 2.05) is 39.0 Å². The molecule has 190 valence electrons. The van der Waals surface area contributed by atoms with E-state index >= 15 is 0 Å². The monoisotopic (exact) mass is 526 g/mol. The van der Waals surface area contributed by atoms with E-state index in [4.69, 9.17) is 11.6 Å². The minimum absolute atomic E-state index is 0.0377. The Morgan fingerprint density at radius 3 is 2.36 bits per heavy atom. The third-order valence-corrected chi connectivity index (χ3v) is 6.60. The lowest BCUT2D eigenvalue weighted by Crippen LogP contribution is -2.42. The number of aryl methyl sites for hydroxylation is 1. The zero-order chi connectivity index (χ0) is 26.1. The van der Waals surface area contributed by atoms with Crippen molar-refractivity contribution in [2.45, 2.75) is 52.1 Å². The minimum Gasteiger partial charge on any atom is -0.353 e. The lowest BCUT2D eigenvalue weighted by atomic mass is 10.1. The number of hydrogen-bond donors (Lipinski definition) is 2. The Morgan fingerprint density at radius 2 is 1.69 bits per heavy atom. The number of halogens is 1. The molecule has 0 fully saturated rings. The van der Waals surface area contributed by atoms with Crippen molar-refractivity contribution in [3.63, 3.8) is 0 Å². The molecule has 0 radical (unpaired) electrons. The Hall–Kier alpha value is -3.23. The van der Waals surface area contributed by atoms with Gasteiger partial charge in [0.25, 0.3) is 5.91 Å². The van der Waals surface area contributed by atoms with Gasteiger partial charge in [0.05, 0.1) is 12.1 Å². The van der Waals surface area contributed by atoms with Crippen LogP contribution in [-0.4, -0.2) is 46.2 Å². The number of nitrogens with one attached hydrogen (secondary N) is 2. The summed E-state index contributed by atoms with van der Waals surface area (Å²) in [7, 11) is 0. The molecule has 3 rings (SSSR count). The Balaban J connectivity index is 1.48. The number of carbonyl (C=O) groups is 3. The first-order valence-electron chi connectivity index (χ1n) is 11.9. The number of nitrogens with zero attached hydrogens (tertiary/aromatic N) is 2. The summed E-state index contributed by atoms with van der Waals surface area (Å²) in [4.78, 5) is 43.8. The van der Waals surface area contributed by atoms with E-state index in [1.54, 1.807) is 29.6 Å². The van der Waals surface area contributed by atoms with E-state index in [0.29, 0.717) is 21.4 Å². The molecule has 0 aliphatic heterocycles. The molecule has 9 heteroatoms. The molecule has 2 aromatic carbocycles. The Kier molecular flexibility index (Phi) is 10.0. The average Bonchev–Trinajstić information content (AvgIpc) is 3.28. The highest BCUT2D eigenvalue weighted by molar-refractivity contribution is 7.13. The van der Waals surface area contributed by atoms with Crippen LogP contribution in [0.25, 0.3) is 0 Å². The number of carbonyl (C=O) groups excluding carboxylic acids is 3. The van der Waals surface area contributed by atoms with Gasteiger partial charge in [0.2, 0.25) is 11.8 Å². The zero-order valence-corrected chi connectivity index (χ0v) is 22.2. The van der Waals surface area contributed by atoms with E-state index < -0.39 is 0 Å². The molecule has 3 aromatic rings. The maximum Gasteiger partial charge on any atom is 0.254 e. The molecular weight excluding hydrogens is 496 g/mol. The van der Waals surface area contributed by atoms with Crippen molar-refractivity contribution >= 4 is 45.8 Å². The fraction of sp³-hybridized carbons (Fsp3) is 0.333. The van der Waals surface area contributed by atoms with Gasteiger partial charge in [-0.1, -0.05) is 41.9 Å². The highest BCUT2D eigenvalue weighted by Crippen LogP contribution is 2.17. The van der Waals surface area contributed by atoms with E-state index in [-0.39, 0.29) is 42.8 Å². The highest BCUT2D eigenvalue weighted by atomic mass is 35.5. The van der Waals surface area contributed by atoms with Gasteiger partial charge in [-0.05, 0) is 63.4 Å². The second kappa shape index (κ2) is 13.2. The molecule has 1 heterocycles. The number of aromatic nitrogens is 1. The largest absolute Gasteiger partial charge is 0.353 e. The molecule has 0 bridgehead atoms. The molecule has 2 N–H and O–H groups in total. The van der Waals surface area contributed by atoms with Crippen LogP contribution in [0, 0.1) is 0 Å². The third kappa shape index (κ3) is 8.46. The lowest BCUT2D eigenvalue weighted by molar-refractivity contribution is -0.121. The summed E-state index contributed by atoms with van der Waals surface area (Å²) in [6.07, 6.45) is 1.87. The zero-order valence-electron chi connectivity index (χ0n) is 20.7. The topological polar surface area (TPSA) is 91.4 Å². The first kappa shape index (κ1) is 27.4. The number of anilines is 1. The normalized spacial score (nSPS) is 11.7. The van der Waals surface area contributed by atoms with Gasteiger partial charge in [0.15, 0.2) is 5.13 Å². The molecule has 0 saturated carbocycles. The molecule has 1 aromatic heterocycles. The van der Waals surface area contributed by atoms with Crippen LogP contribution < -0.4 is 10.6 Å². The van der Waals surface area contributed by atoms with Crippen LogP contribution in [0.3, 0.4) is 0 Å². The second-order valence-electron chi connectivity index (χ2n) is 8.90. The van der Waals surface area contributed by atoms with Crippen LogP contribution in [0.4, 0.5) is 5.13 Å². The third-order valence-electron chi connectivity index (χ3n) is 5.55. The predicted octanol–water partition coefficient (Wildman–Crippen LogP) is 4.97. The van der Waals surface area contributed by atoms with E-state index in [9.17, 15) is 14.4 Å². The smallest absolute Gasteiger partial charge is 0.254 e. The Bertz CT molecular complexity index is 1170.